The maximum absolute atomic E-state index is 13.1. The maximum Gasteiger partial charge on any atom is 0.252 e. The first kappa shape index (κ1) is 23.1. The summed E-state index contributed by atoms with van der Waals surface area (Å²) in [6, 6.07) is 17.4. The Hall–Kier alpha value is -2.08. The number of nitrogens with one attached hydrogen (secondary N) is 1. The van der Waals surface area contributed by atoms with Crippen LogP contribution in [0.5, 0.6) is 0 Å². The van der Waals surface area contributed by atoms with Gasteiger partial charge in [0.15, 0.2) is 0 Å². The quantitative estimate of drug-likeness (QED) is 0.424. The molecule has 1 fully saturated rings. The number of hydrogen-bond donors (Lipinski definition) is 1. The molecule has 0 bridgehead atoms. The monoisotopic (exact) mass is 467 g/mol. The molecular weight excluding hydrogens is 438 g/mol. The molecule has 0 radical (unpaired) electrons. The summed E-state index contributed by atoms with van der Waals surface area (Å²) in [5, 5.41) is 5.47. The molecule has 1 aliphatic rings. The summed E-state index contributed by atoms with van der Waals surface area (Å²) in [5.41, 5.74) is 1.49. The molecule has 6 heteroatoms. The minimum Gasteiger partial charge on any atom is -0.352 e. The van der Waals surface area contributed by atoms with E-state index < -0.39 is 0 Å². The molecule has 0 spiro atoms. The van der Waals surface area contributed by atoms with Crippen molar-refractivity contribution in [2.45, 2.75) is 36.6 Å². The predicted octanol–water partition coefficient (Wildman–Crippen LogP) is 6.14. The Morgan fingerprint density at radius 2 is 1.91 bits per heavy atom. The van der Waals surface area contributed by atoms with Crippen LogP contribution < -0.4 is 5.32 Å². The van der Waals surface area contributed by atoms with Gasteiger partial charge in [0.2, 0.25) is 0 Å². The number of nitrogens with zero attached hydrogens (tertiary/aromatic N) is 2. The number of benzene rings is 2. The number of amides is 1. The molecule has 4 nitrogen and oxygen atoms in total. The number of aromatic nitrogens is 1. The van der Waals surface area contributed by atoms with Crippen molar-refractivity contribution in [3.63, 3.8) is 0 Å². The van der Waals surface area contributed by atoms with Gasteiger partial charge in [-0.15, -0.1) is 0 Å². The summed E-state index contributed by atoms with van der Waals surface area (Å²) in [6.45, 7) is 8.69. The number of rotatable bonds is 7. The van der Waals surface area contributed by atoms with Crippen molar-refractivity contribution in [3.05, 3.63) is 65.2 Å². The third kappa shape index (κ3) is 6.03. The Labute approximate surface area is 199 Å². The van der Waals surface area contributed by atoms with E-state index in [9.17, 15) is 4.79 Å². The molecule has 1 aromatic heterocycles. The summed E-state index contributed by atoms with van der Waals surface area (Å²) in [7, 11) is 0. The van der Waals surface area contributed by atoms with Gasteiger partial charge < -0.3 is 10.2 Å². The average Bonchev–Trinajstić information content (AvgIpc) is 2.75. The molecule has 1 amide bonds. The first-order chi connectivity index (χ1) is 15.5. The molecule has 168 valence electrons. The largest absolute Gasteiger partial charge is 0.352 e. The van der Waals surface area contributed by atoms with Crippen molar-refractivity contribution >= 4 is 40.2 Å². The van der Waals surface area contributed by atoms with Crippen LogP contribution in [-0.4, -0.2) is 42.0 Å². The van der Waals surface area contributed by atoms with E-state index in [0.29, 0.717) is 17.1 Å². The van der Waals surface area contributed by atoms with Crippen LogP contribution in [0.15, 0.2) is 64.5 Å². The second kappa shape index (κ2) is 10.7. The molecule has 1 N–H and O–H groups in total. The third-order valence-electron chi connectivity index (χ3n) is 5.84. The molecule has 0 unspecified atom stereocenters. The fourth-order valence-electron chi connectivity index (χ4n) is 4.62. The van der Waals surface area contributed by atoms with Crippen molar-refractivity contribution in [1.29, 1.82) is 0 Å². The molecule has 4 rings (SSSR count). The first-order valence-corrected chi connectivity index (χ1v) is 12.5. The lowest BCUT2D eigenvalue weighted by Crippen LogP contribution is -2.40. The van der Waals surface area contributed by atoms with Crippen molar-refractivity contribution in [2.75, 3.05) is 26.2 Å². The SMILES string of the molecule is C[C@@H]1C[C@H](C)CN(CCCNC(=O)c2cc(Sc3cccc(Cl)c3)nc3ccccc23)C1. The summed E-state index contributed by atoms with van der Waals surface area (Å²) < 4.78 is 0. The van der Waals surface area contributed by atoms with Crippen molar-refractivity contribution < 1.29 is 4.79 Å². The Morgan fingerprint density at radius 3 is 2.69 bits per heavy atom. The highest BCUT2D eigenvalue weighted by Crippen LogP contribution is 2.31. The first-order valence-electron chi connectivity index (χ1n) is 11.3. The van der Waals surface area contributed by atoms with Gasteiger partial charge in [-0.1, -0.05) is 61.5 Å². The average molecular weight is 468 g/mol. The van der Waals surface area contributed by atoms with Gasteiger partial charge in [0.1, 0.15) is 5.03 Å². The van der Waals surface area contributed by atoms with Gasteiger partial charge in [-0.25, -0.2) is 4.98 Å². The molecule has 32 heavy (non-hydrogen) atoms. The molecule has 2 atom stereocenters. The number of carbonyl (C=O) groups excluding carboxylic acids is 1. The standard InChI is InChI=1S/C26H30ClN3OS/c1-18-13-19(2)17-30(16-18)12-6-11-28-26(31)23-15-25(29-24-10-4-3-9-22(23)24)32-21-8-5-7-20(27)14-21/h3-5,7-10,14-15,18-19H,6,11-13,16-17H2,1-2H3,(H,28,31)/t18-,19+. The summed E-state index contributed by atoms with van der Waals surface area (Å²) in [6.07, 6.45) is 2.27. The Balaban J connectivity index is 1.43. The zero-order valence-electron chi connectivity index (χ0n) is 18.7. The number of hydrogen-bond acceptors (Lipinski definition) is 4. The fraction of sp³-hybridized carbons (Fsp3) is 0.385. The van der Waals surface area contributed by atoms with E-state index >= 15 is 0 Å². The normalized spacial score (nSPS) is 19.2. The van der Waals surface area contributed by atoms with Crippen molar-refractivity contribution in [2.24, 2.45) is 11.8 Å². The lowest BCUT2D eigenvalue weighted by Gasteiger charge is -2.34. The molecule has 0 aliphatic carbocycles. The number of likely N-dealkylation sites (tertiary alicyclic amines) is 1. The topological polar surface area (TPSA) is 45.2 Å². The lowest BCUT2D eigenvalue weighted by atomic mass is 9.92. The Bertz CT molecular complexity index is 1080. The van der Waals surface area contributed by atoms with Gasteiger partial charge >= 0.3 is 0 Å². The molecule has 1 saturated heterocycles. The van der Waals surface area contributed by atoms with Crippen LogP contribution in [0.3, 0.4) is 0 Å². The molecule has 2 heterocycles. The van der Waals surface area contributed by atoms with Crippen LogP contribution in [0.1, 0.15) is 37.0 Å². The molecule has 1 aliphatic heterocycles. The van der Waals surface area contributed by atoms with Crippen molar-refractivity contribution in [1.82, 2.24) is 15.2 Å². The van der Waals surface area contributed by atoms with Gasteiger partial charge in [-0.3, -0.25) is 4.79 Å². The Kier molecular flexibility index (Phi) is 7.71. The molecular formula is C26H30ClN3OS. The fourth-order valence-corrected chi connectivity index (χ4v) is 5.77. The smallest absolute Gasteiger partial charge is 0.252 e. The zero-order valence-corrected chi connectivity index (χ0v) is 20.3. The highest BCUT2D eigenvalue weighted by molar-refractivity contribution is 7.99. The number of para-hydroxylation sites is 1. The number of piperidine rings is 1. The van der Waals surface area contributed by atoms with E-state index in [4.69, 9.17) is 16.6 Å². The van der Waals surface area contributed by atoms with Crippen molar-refractivity contribution in [3.8, 4) is 0 Å². The van der Waals surface area contributed by atoms with Crippen LogP contribution in [0.2, 0.25) is 5.02 Å². The predicted molar refractivity (Wildman–Crippen MR) is 134 cm³/mol. The molecule has 3 aromatic rings. The number of halogens is 1. The van der Waals surface area contributed by atoms with Gasteiger partial charge in [-0.2, -0.15) is 0 Å². The van der Waals surface area contributed by atoms with Crippen LogP contribution >= 0.6 is 23.4 Å². The van der Waals surface area contributed by atoms with E-state index in [0.717, 1.165) is 58.7 Å². The summed E-state index contributed by atoms with van der Waals surface area (Å²) >= 11 is 7.64. The third-order valence-corrected chi connectivity index (χ3v) is 6.98. The molecule has 0 saturated carbocycles. The zero-order chi connectivity index (χ0) is 22.5. The second-order valence-corrected chi connectivity index (χ2v) is 10.4. The number of carbonyl (C=O) groups is 1. The minimum atomic E-state index is -0.0445. The second-order valence-electron chi connectivity index (χ2n) is 8.90. The van der Waals surface area contributed by atoms with E-state index in [2.05, 4.69) is 24.1 Å². The van der Waals surface area contributed by atoms with Gasteiger partial charge in [0.05, 0.1) is 11.1 Å². The maximum atomic E-state index is 13.1. The minimum absolute atomic E-state index is 0.0445. The van der Waals surface area contributed by atoms with E-state index in [1.807, 2.05) is 54.6 Å². The van der Waals surface area contributed by atoms with Crippen LogP contribution in [-0.2, 0) is 0 Å². The number of fused-ring (bicyclic) bond motifs is 1. The number of pyridine rings is 1. The summed E-state index contributed by atoms with van der Waals surface area (Å²) in [5.74, 6) is 1.47. The van der Waals surface area contributed by atoms with Crippen LogP contribution in [0.25, 0.3) is 10.9 Å². The van der Waals surface area contributed by atoms with E-state index in [1.54, 1.807) is 0 Å². The van der Waals surface area contributed by atoms with Gasteiger partial charge in [0, 0.05) is 34.9 Å². The van der Waals surface area contributed by atoms with E-state index in [1.165, 1.54) is 18.2 Å². The van der Waals surface area contributed by atoms with Crippen LogP contribution in [0.4, 0.5) is 0 Å². The summed E-state index contributed by atoms with van der Waals surface area (Å²) in [4.78, 5) is 21.4. The highest BCUT2D eigenvalue weighted by Gasteiger charge is 2.21. The molecule has 2 aromatic carbocycles. The van der Waals surface area contributed by atoms with Crippen LogP contribution in [0, 0.1) is 11.8 Å². The van der Waals surface area contributed by atoms with E-state index in [-0.39, 0.29) is 5.91 Å². The Morgan fingerprint density at radius 1 is 1.12 bits per heavy atom. The van der Waals surface area contributed by atoms with Gasteiger partial charge in [0.25, 0.3) is 5.91 Å². The van der Waals surface area contributed by atoms with Gasteiger partial charge in [-0.05, 0) is 61.6 Å². The lowest BCUT2D eigenvalue weighted by molar-refractivity contribution is 0.0948. The highest BCUT2D eigenvalue weighted by atomic mass is 35.5.